The summed E-state index contributed by atoms with van der Waals surface area (Å²) in [7, 11) is 1.81. The van der Waals surface area contributed by atoms with Gasteiger partial charge in [-0.2, -0.15) is 0 Å². The molecule has 2 aromatic rings. The van der Waals surface area contributed by atoms with Crippen LogP contribution in [0.4, 0.5) is 0 Å². The second kappa shape index (κ2) is 11.4. The number of nitrogens with zero attached hydrogens (tertiary/aromatic N) is 2. The van der Waals surface area contributed by atoms with Crippen molar-refractivity contribution in [2.75, 3.05) is 20.1 Å². The molecule has 0 amide bonds. The van der Waals surface area contributed by atoms with Gasteiger partial charge in [-0.1, -0.05) is 18.2 Å². The molecule has 0 saturated heterocycles. The predicted molar refractivity (Wildman–Crippen MR) is 124 cm³/mol. The first-order chi connectivity index (χ1) is 12.0. The molecule has 0 aliphatic heterocycles. The molecule has 0 fully saturated rings. The molecule has 0 bridgehead atoms. The summed E-state index contributed by atoms with van der Waals surface area (Å²) in [5.41, 5.74) is 2.33. The molecule has 0 aliphatic rings. The minimum atomic E-state index is 0. The van der Waals surface area contributed by atoms with Gasteiger partial charge in [0.1, 0.15) is 0 Å². The predicted octanol–water partition coefficient (Wildman–Crippen LogP) is 3.96. The molecule has 3 N–H and O–H groups in total. The third kappa shape index (κ3) is 6.79. The molecular formula is C20H34IN5. The Morgan fingerprint density at radius 3 is 2.42 bits per heavy atom. The summed E-state index contributed by atoms with van der Waals surface area (Å²) in [5.74, 6) is 0.847. The molecule has 1 heterocycles. The molecule has 0 spiro atoms. The van der Waals surface area contributed by atoms with Crippen LogP contribution in [-0.4, -0.2) is 48.1 Å². The minimum Gasteiger partial charge on any atom is -0.357 e. The molecule has 0 unspecified atom stereocenters. The van der Waals surface area contributed by atoms with Gasteiger partial charge < -0.3 is 15.6 Å². The number of nitrogens with one attached hydrogen (secondary N) is 3. The molecule has 5 nitrogen and oxygen atoms in total. The zero-order chi connectivity index (χ0) is 18.2. The maximum atomic E-state index is 4.31. The van der Waals surface area contributed by atoms with E-state index in [1.54, 1.807) is 0 Å². The Bertz CT molecular complexity index is 637. The number of hydrogen-bond acceptors (Lipinski definition) is 2. The number of aliphatic imine (C=N–C) groups is 1. The number of para-hydroxylation sites is 1. The molecule has 0 radical (unpaired) electrons. The van der Waals surface area contributed by atoms with Crippen LogP contribution in [0.3, 0.4) is 0 Å². The lowest BCUT2D eigenvalue weighted by atomic mass is 10.2. The molecule has 0 atom stereocenters. The highest BCUT2D eigenvalue weighted by atomic mass is 127. The normalized spacial score (nSPS) is 12.1. The zero-order valence-electron chi connectivity index (χ0n) is 16.7. The highest BCUT2D eigenvalue weighted by molar-refractivity contribution is 14.0. The van der Waals surface area contributed by atoms with Crippen molar-refractivity contribution in [3.63, 3.8) is 0 Å². The van der Waals surface area contributed by atoms with Crippen molar-refractivity contribution in [3.8, 4) is 0 Å². The number of halogens is 1. The van der Waals surface area contributed by atoms with Crippen LogP contribution in [0.1, 0.15) is 39.8 Å². The molecule has 2 rings (SSSR count). The number of H-pyrrole nitrogens is 1. The van der Waals surface area contributed by atoms with Crippen molar-refractivity contribution in [2.45, 2.75) is 52.7 Å². The molecule has 1 aromatic heterocycles. The molecule has 0 aliphatic carbocycles. The summed E-state index contributed by atoms with van der Waals surface area (Å²) in [5, 5.41) is 8.02. The van der Waals surface area contributed by atoms with Crippen LogP contribution in [0, 0.1) is 0 Å². The number of guanidine groups is 1. The Balaban J connectivity index is 0.00000338. The summed E-state index contributed by atoms with van der Waals surface area (Å²) in [6, 6.07) is 11.7. The van der Waals surface area contributed by atoms with Gasteiger partial charge in [-0.3, -0.25) is 9.89 Å². The van der Waals surface area contributed by atoms with E-state index in [1.807, 2.05) is 13.1 Å². The summed E-state index contributed by atoms with van der Waals surface area (Å²) in [6.07, 6.45) is 1.10. The second-order valence-corrected chi connectivity index (χ2v) is 7.01. The molecule has 26 heavy (non-hydrogen) atoms. The van der Waals surface area contributed by atoms with Gasteiger partial charge in [0.2, 0.25) is 0 Å². The van der Waals surface area contributed by atoms with Crippen LogP contribution in [0.2, 0.25) is 0 Å². The van der Waals surface area contributed by atoms with Crippen molar-refractivity contribution < 1.29 is 0 Å². The second-order valence-electron chi connectivity index (χ2n) is 7.01. The fraction of sp³-hybridized carbons (Fsp3) is 0.550. The fourth-order valence-electron chi connectivity index (χ4n) is 3.21. The first kappa shape index (κ1) is 22.8. The number of aromatic nitrogens is 1. The van der Waals surface area contributed by atoms with E-state index in [1.165, 1.54) is 10.9 Å². The third-order valence-corrected chi connectivity index (χ3v) is 4.47. The van der Waals surface area contributed by atoms with E-state index in [4.69, 9.17) is 0 Å². The smallest absolute Gasteiger partial charge is 0.191 e. The number of fused-ring (bicyclic) bond motifs is 1. The number of hydrogen-bond donors (Lipinski definition) is 3. The van der Waals surface area contributed by atoms with Crippen LogP contribution in [0.25, 0.3) is 10.9 Å². The van der Waals surface area contributed by atoms with Gasteiger partial charge in [0.15, 0.2) is 5.96 Å². The maximum Gasteiger partial charge on any atom is 0.191 e. The third-order valence-electron chi connectivity index (χ3n) is 4.47. The lowest BCUT2D eigenvalue weighted by Crippen LogP contribution is -2.41. The number of benzene rings is 1. The summed E-state index contributed by atoms with van der Waals surface area (Å²) < 4.78 is 0. The van der Waals surface area contributed by atoms with Gasteiger partial charge >= 0.3 is 0 Å². The topological polar surface area (TPSA) is 55.5 Å². The van der Waals surface area contributed by atoms with Crippen LogP contribution in [0.5, 0.6) is 0 Å². The van der Waals surface area contributed by atoms with Crippen LogP contribution in [-0.2, 0) is 6.54 Å². The van der Waals surface area contributed by atoms with E-state index in [0.717, 1.165) is 37.7 Å². The van der Waals surface area contributed by atoms with Gasteiger partial charge in [0.25, 0.3) is 0 Å². The van der Waals surface area contributed by atoms with Crippen LogP contribution < -0.4 is 10.6 Å². The Morgan fingerprint density at radius 1 is 1.12 bits per heavy atom. The van der Waals surface area contributed by atoms with Gasteiger partial charge in [-0.05, 0) is 51.6 Å². The van der Waals surface area contributed by atoms with Gasteiger partial charge in [-0.15, -0.1) is 24.0 Å². The molecular weight excluding hydrogens is 437 g/mol. The molecule has 0 saturated carbocycles. The lowest BCUT2D eigenvalue weighted by Gasteiger charge is -2.30. The highest BCUT2D eigenvalue weighted by Crippen LogP contribution is 2.14. The maximum absolute atomic E-state index is 4.31. The van der Waals surface area contributed by atoms with Crippen LogP contribution >= 0.6 is 24.0 Å². The first-order valence-electron chi connectivity index (χ1n) is 9.28. The van der Waals surface area contributed by atoms with Gasteiger partial charge in [0, 0.05) is 43.4 Å². The quantitative estimate of drug-likeness (QED) is 0.237. The Hall–Kier alpha value is -1.28. The Kier molecular flexibility index (Phi) is 10.0. The van der Waals surface area contributed by atoms with Gasteiger partial charge in [0.05, 0.1) is 6.54 Å². The van der Waals surface area contributed by atoms with Crippen molar-refractivity contribution in [3.05, 3.63) is 36.0 Å². The zero-order valence-corrected chi connectivity index (χ0v) is 19.0. The SMILES string of the molecule is CN=C(NCCCN(C(C)C)C(C)C)NCc1cc2ccccc2[nH]1.I. The Morgan fingerprint density at radius 2 is 1.81 bits per heavy atom. The Labute approximate surface area is 175 Å². The summed E-state index contributed by atoms with van der Waals surface area (Å²) >= 11 is 0. The van der Waals surface area contributed by atoms with Gasteiger partial charge in [-0.25, -0.2) is 0 Å². The fourth-order valence-corrected chi connectivity index (χ4v) is 3.21. The van der Waals surface area contributed by atoms with Crippen molar-refractivity contribution in [2.24, 2.45) is 4.99 Å². The molecule has 1 aromatic carbocycles. The first-order valence-corrected chi connectivity index (χ1v) is 9.28. The largest absolute Gasteiger partial charge is 0.357 e. The van der Waals surface area contributed by atoms with E-state index in [0.29, 0.717) is 12.1 Å². The standard InChI is InChI=1S/C20H33N5.HI/c1-15(2)25(16(3)4)12-8-11-22-20(21-5)23-14-18-13-17-9-6-7-10-19(17)24-18;/h6-7,9-10,13,15-16,24H,8,11-12,14H2,1-5H3,(H2,21,22,23);1H. The van der Waals surface area contributed by atoms with Crippen molar-refractivity contribution in [1.29, 1.82) is 0 Å². The average Bonchev–Trinajstić information content (AvgIpc) is 2.99. The molecule has 146 valence electrons. The number of aromatic amines is 1. The van der Waals surface area contributed by atoms with Crippen molar-refractivity contribution in [1.82, 2.24) is 20.5 Å². The van der Waals surface area contributed by atoms with Crippen molar-refractivity contribution >= 4 is 40.8 Å². The summed E-state index contributed by atoms with van der Waals surface area (Å²) in [4.78, 5) is 10.3. The van der Waals surface area contributed by atoms with E-state index in [2.05, 4.69) is 77.5 Å². The average molecular weight is 471 g/mol. The van der Waals surface area contributed by atoms with E-state index >= 15 is 0 Å². The highest BCUT2D eigenvalue weighted by Gasteiger charge is 2.12. The lowest BCUT2D eigenvalue weighted by molar-refractivity contribution is 0.173. The molecule has 6 heteroatoms. The monoisotopic (exact) mass is 471 g/mol. The number of rotatable bonds is 8. The van der Waals surface area contributed by atoms with E-state index < -0.39 is 0 Å². The van der Waals surface area contributed by atoms with E-state index in [-0.39, 0.29) is 24.0 Å². The van der Waals surface area contributed by atoms with Crippen LogP contribution in [0.15, 0.2) is 35.3 Å². The minimum absolute atomic E-state index is 0. The summed E-state index contributed by atoms with van der Waals surface area (Å²) in [6.45, 7) is 11.8. The van der Waals surface area contributed by atoms with E-state index in [9.17, 15) is 0 Å².